The van der Waals surface area contributed by atoms with E-state index in [4.69, 9.17) is 0 Å². The summed E-state index contributed by atoms with van der Waals surface area (Å²) in [6, 6.07) is 17.3. The molecule has 26 heavy (non-hydrogen) atoms. The lowest BCUT2D eigenvalue weighted by Gasteiger charge is -2.10. The number of hydrogen-bond acceptors (Lipinski definition) is 3. The van der Waals surface area contributed by atoms with Crippen molar-refractivity contribution in [3.05, 3.63) is 83.9 Å². The molecule has 2 N–H and O–H groups in total. The maximum absolute atomic E-state index is 13.2. The van der Waals surface area contributed by atoms with Crippen molar-refractivity contribution < 1.29 is 9.18 Å². The summed E-state index contributed by atoms with van der Waals surface area (Å²) in [5, 5.41) is 5.87. The fourth-order valence-corrected chi connectivity index (χ4v) is 2.48. The van der Waals surface area contributed by atoms with E-state index in [1.54, 1.807) is 24.4 Å². The number of rotatable bonds is 5. The first kappa shape index (κ1) is 17.6. The fraction of sp³-hybridized carbons (Fsp3) is 0.143. The standard InChI is InChI=1S/C21H20FN3O/c1-14(2)15-6-8-17(9-7-15)24-19-10-11-20(23-13-19)21(26)25-18-5-3-4-16(22)12-18/h3-14,24H,1-2H3,(H,25,26). The third kappa shape index (κ3) is 4.45. The summed E-state index contributed by atoms with van der Waals surface area (Å²) in [6.45, 7) is 4.31. The molecule has 0 saturated carbocycles. The van der Waals surface area contributed by atoms with Crippen LogP contribution in [0.15, 0.2) is 66.9 Å². The SMILES string of the molecule is CC(C)c1ccc(Nc2ccc(C(=O)Nc3cccc(F)c3)nc2)cc1. The lowest BCUT2D eigenvalue weighted by Crippen LogP contribution is -2.13. The Labute approximate surface area is 152 Å². The predicted octanol–water partition coefficient (Wildman–Crippen LogP) is 5.34. The third-order valence-electron chi connectivity index (χ3n) is 3.94. The van der Waals surface area contributed by atoms with E-state index in [0.717, 1.165) is 11.4 Å². The van der Waals surface area contributed by atoms with Gasteiger partial charge in [-0.3, -0.25) is 4.79 Å². The van der Waals surface area contributed by atoms with Gasteiger partial charge >= 0.3 is 0 Å². The first-order valence-corrected chi connectivity index (χ1v) is 8.41. The molecule has 0 radical (unpaired) electrons. The summed E-state index contributed by atoms with van der Waals surface area (Å²) >= 11 is 0. The van der Waals surface area contributed by atoms with Crippen molar-refractivity contribution >= 4 is 23.0 Å². The van der Waals surface area contributed by atoms with Gasteiger partial charge in [-0.25, -0.2) is 9.37 Å². The Hall–Kier alpha value is -3.21. The topological polar surface area (TPSA) is 54.0 Å². The highest BCUT2D eigenvalue weighted by Crippen LogP contribution is 2.20. The lowest BCUT2D eigenvalue weighted by atomic mass is 10.0. The number of nitrogens with one attached hydrogen (secondary N) is 2. The third-order valence-corrected chi connectivity index (χ3v) is 3.94. The maximum Gasteiger partial charge on any atom is 0.274 e. The molecule has 0 aliphatic carbocycles. The molecule has 2 aromatic carbocycles. The van der Waals surface area contributed by atoms with Crippen LogP contribution < -0.4 is 10.6 Å². The number of amides is 1. The van der Waals surface area contributed by atoms with Gasteiger partial charge in [0.2, 0.25) is 0 Å². The van der Waals surface area contributed by atoms with E-state index in [0.29, 0.717) is 11.6 Å². The molecule has 1 amide bonds. The van der Waals surface area contributed by atoms with Crippen LogP contribution in [0.2, 0.25) is 0 Å². The van der Waals surface area contributed by atoms with Crippen molar-refractivity contribution in [2.75, 3.05) is 10.6 Å². The van der Waals surface area contributed by atoms with Crippen LogP contribution in [0.5, 0.6) is 0 Å². The van der Waals surface area contributed by atoms with Crippen LogP contribution in [-0.4, -0.2) is 10.9 Å². The zero-order valence-electron chi connectivity index (χ0n) is 14.7. The summed E-state index contributed by atoms with van der Waals surface area (Å²) in [4.78, 5) is 16.4. The molecule has 3 rings (SSSR count). The molecule has 0 aliphatic rings. The van der Waals surface area contributed by atoms with Gasteiger partial charge in [0, 0.05) is 11.4 Å². The Bertz CT molecular complexity index is 890. The highest BCUT2D eigenvalue weighted by atomic mass is 19.1. The molecule has 0 atom stereocenters. The van der Waals surface area contributed by atoms with Crippen LogP contribution in [0, 0.1) is 5.82 Å². The van der Waals surface area contributed by atoms with Gasteiger partial charge in [-0.2, -0.15) is 0 Å². The molecule has 0 saturated heterocycles. The molecule has 0 spiro atoms. The van der Waals surface area contributed by atoms with E-state index in [1.807, 2.05) is 12.1 Å². The van der Waals surface area contributed by atoms with Crippen LogP contribution >= 0.6 is 0 Å². The molecular weight excluding hydrogens is 329 g/mol. The molecule has 0 unspecified atom stereocenters. The van der Waals surface area contributed by atoms with E-state index >= 15 is 0 Å². The summed E-state index contributed by atoms with van der Waals surface area (Å²) in [5.74, 6) is -0.302. The van der Waals surface area contributed by atoms with E-state index in [1.165, 1.54) is 23.8 Å². The van der Waals surface area contributed by atoms with Gasteiger partial charge in [-0.05, 0) is 53.9 Å². The van der Waals surface area contributed by atoms with Crippen molar-refractivity contribution in [1.82, 2.24) is 4.98 Å². The second kappa shape index (κ2) is 7.78. The molecule has 5 heteroatoms. The first-order valence-electron chi connectivity index (χ1n) is 8.41. The van der Waals surface area contributed by atoms with Gasteiger partial charge in [0.1, 0.15) is 11.5 Å². The second-order valence-corrected chi connectivity index (χ2v) is 6.30. The van der Waals surface area contributed by atoms with Crippen LogP contribution in [0.3, 0.4) is 0 Å². The van der Waals surface area contributed by atoms with E-state index < -0.39 is 5.82 Å². The molecular formula is C21H20FN3O. The van der Waals surface area contributed by atoms with Crippen molar-refractivity contribution in [2.45, 2.75) is 19.8 Å². The van der Waals surface area contributed by atoms with Crippen molar-refractivity contribution in [3.8, 4) is 0 Å². The zero-order chi connectivity index (χ0) is 18.5. The van der Waals surface area contributed by atoms with E-state index in [9.17, 15) is 9.18 Å². The number of halogens is 1. The number of anilines is 3. The Morgan fingerprint density at radius 3 is 2.31 bits per heavy atom. The minimum absolute atomic E-state index is 0.259. The zero-order valence-corrected chi connectivity index (χ0v) is 14.7. The second-order valence-electron chi connectivity index (χ2n) is 6.30. The average molecular weight is 349 g/mol. The molecule has 0 aliphatic heterocycles. The number of carbonyl (C=O) groups is 1. The minimum Gasteiger partial charge on any atom is -0.354 e. The van der Waals surface area contributed by atoms with Gasteiger partial charge < -0.3 is 10.6 Å². The van der Waals surface area contributed by atoms with Gasteiger partial charge in [0.25, 0.3) is 5.91 Å². The monoisotopic (exact) mass is 349 g/mol. The van der Waals surface area contributed by atoms with Crippen molar-refractivity contribution in [2.24, 2.45) is 0 Å². The number of aromatic nitrogens is 1. The number of nitrogens with zero attached hydrogens (tertiary/aromatic N) is 1. The number of pyridine rings is 1. The largest absolute Gasteiger partial charge is 0.354 e. The summed E-state index contributed by atoms with van der Waals surface area (Å²) in [5.41, 5.74) is 3.66. The molecule has 1 heterocycles. The molecule has 4 nitrogen and oxygen atoms in total. The minimum atomic E-state index is -0.404. The van der Waals surface area contributed by atoms with Crippen molar-refractivity contribution in [1.29, 1.82) is 0 Å². The van der Waals surface area contributed by atoms with Gasteiger partial charge in [-0.15, -0.1) is 0 Å². The lowest BCUT2D eigenvalue weighted by molar-refractivity contribution is 0.102. The highest BCUT2D eigenvalue weighted by molar-refractivity contribution is 6.02. The van der Waals surface area contributed by atoms with Crippen LogP contribution in [0.1, 0.15) is 35.8 Å². The quantitative estimate of drug-likeness (QED) is 0.654. The molecule has 0 fully saturated rings. The molecule has 132 valence electrons. The summed E-state index contributed by atoms with van der Waals surface area (Å²) in [7, 11) is 0. The van der Waals surface area contributed by atoms with E-state index in [2.05, 4.69) is 41.6 Å². The highest BCUT2D eigenvalue weighted by Gasteiger charge is 2.08. The molecule has 0 bridgehead atoms. The van der Waals surface area contributed by atoms with Gasteiger partial charge in [0.05, 0.1) is 11.9 Å². The van der Waals surface area contributed by atoms with Gasteiger partial charge in [0.15, 0.2) is 0 Å². The molecule has 1 aromatic heterocycles. The number of carbonyl (C=O) groups excluding carboxylic acids is 1. The van der Waals surface area contributed by atoms with Crippen molar-refractivity contribution in [3.63, 3.8) is 0 Å². The number of hydrogen-bond donors (Lipinski definition) is 2. The van der Waals surface area contributed by atoms with Crippen LogP contribution in [0.4, 0.5) is 21.5 Å². The van der Waals surface area contributed by atoms with E-state index in [-0.39, 0.29) is 11.6 Å². The fourth-order valence-electron chi connectivity index (χ4n) is 2.48. The summed E-state index contributed by atoms with van der Waals surface area (Å²) in [6.07, 6.45) is 1.59. The maximum atomic E-state index is 13.2. The predicted molar refractivity (Wildman–Crippen MR) is 102 cm³/mol. The summed E-state index contributed by atoms with van der Waals surface area (Å²) < 4.78 is 13.2. The molecule has 3 aromatic rings. The van der Waals surface area contributed by atoms with Gasteiger partial charge in [-0.1, -0.05) is 32.0 Å². The normalized spacial score (nSPS) is 10.6. The Balaban J connectivity index is 1.65. The average Bonchev–Trinajstić information content (AvgIpc) is 2.63. The van der Waals surface area contributed by atoms with Crippen LogP contribution in [-0.2, 0) is 0 Å². The Kier molecular flexibility index (Phi) is 5.27. The Morgan fingerprint density at radius 1 is 0.962 bits per heavy atom. The first-order chi connectivity index (χ1) is 12.5. The Morgan fingerprint density at radius 2 is 1.69 bits per heavy atom. The number of benzene rings is 2. The smallest absolute Gasteiger partial charge is 0.274 e. The van der Waals surface area contributed by atoms with Crippen LogP contribution in [0.25, 0.3) is 0 Å².